The second-order valence-electron chi connectivity index (χ2n) is 10.5. The smallest absolute Gasteiger partial charge is 0.335 e. The predicted molar refractivity (Wildman–Crippen MR) is 165 cm³/mol. The van der Waals surface area contributed by atoms with E-state index in [9.17, 15) is 19.5 Å². The van der Waals surface area contributed by atoms with Gasteiger partial charge in [0, 0.05) is 48.2 Å². The highest BCUT2D eigenvalue weighted by Gasteiger charge is 2.32. The van der Waals surface area contributed by atoms with Crippen molar-refractivity contribution in [3.63, 3.8) is 0 Å². The van der Waals surface area contributed by atoms with Crippen molar-refractivity contribution in [1.82, 2.24) is 5.32 Å². The third-order valence-corrected chi connectivity index (χ3v) is 8.22. The summed E-state index contributed by atoms with van der Waals surface area (Å²) in [5.41, 5.74) is 3.58. The highest BCUT2D eigenvalue weighted by Crippen LogP contribution is 2.39. The van der Waals surface area contributed by atoms with Crippen LogP contribution in [0, 0.1) is 0 Å². The zero-order chi connectivity index (χ0) is 30.6. The molecular weight excluding hydrogens is 568 g/mol. The van der Waals surface area contributed by atoms with Gasteiger partial charge in [0.05, 0.1) is 24.4 Å². The summed E-state index contributed by atoms with van der Waals surface area (Å²) in [6, 6.07) is 21.9. The number of aliphatic hydroxyl groups is 1. The zero-order valence-electron chi connectivity index (χ0n) is 24.2. The van der Waals surface area contributed by atoms with E-state index in [4.69, 9.17) is 14.6 Å². The van der Waals surface area contributed by atoms with Crippen LogP contribution in [0.5, 0.6) is 0 Å². The van der Waals surface area contributed by atoms with E-state index < -0.39 is 12.3 Å². The van der Waals surface area contributed by atoms with Gasteiger partial charge in [-0.15, -0.1) is 11.8 Å². The van der Waals surface area contributed by atoms with Crippen molar-refractivity contribution in [3.8, 4) is 0 Å². The Morgan fingerprint density at radius 1 is 0.884 bits per heavy atom. The van der Waals surface area contributed by atoms with Crippen LogP contribution in [0.1, 0.15) is 78.5 Å². The van der Waals surface area contributed by atoms with Crippen molar-refractivity contribution in [3.05, 3.63) is 95.1 Å². The van der Waals surface area contributed by atoms with Gasteiger partial charge in [-0.05, 0) is 60.4 Å². The third kappa shape index (κ3) is 10.2. The maximum absolute atomic E-state index is 12.4. The van der Waals surface area contributed by atoms with E-state index in [0.29, 0.717) is 30.8 Å². The summed E-state index contributed by atoms with van der Waals surface area (Å²) in [6.45, 7) is 2.09. The van der Waals surface area contributed by atoms with Gasteiger partial charge in [0.25, 0.3) is 0 Å². The van der Waals surface area contributed by atoms with E-state index in [1.165, 1.54) is 6.92 Å². The molecule has 1 saturated heterocycles. The lowest BCUT2D eigenvalue weighted by molar-refractivity contribution is -0.245. The van der Waals surface area contributed by atoms with Crippen LogP contribution in [0.25, 0.3) is 0 Å². The molecule has 3 atom stereocenters. The minimum Gasteiger partial charge on any atom is -0.478 e. The van der Waals surface area contributed by atoms with E-state index in [0.717, 1.165) is 40.8 Å². The maximum Gasteiger partial charge on any atom is 0.335 e. The van der Waals surface area contributed by atoms with Gasteiger partial charge in [0.1, 0.15) is 0 Å². The van der Waals surface area contributed by atoms with Crippen LogP contribution in [0.3, 0.4) is 0 Å². The number of carbonyl (C=O) groups is 3. The quantitative estimate of drug-likeness (QED) is 0.133. The molecule has 1 aliphatic rings. The van der Waals surface area contributed by atoms with E-state index in [2.05, 4.69) is 10.6 Å². The van der Waals surface area contributed by atoms with Gasteiger partial charge >= 0.3 is 5.97 Å². The predicted octanol–water partition coefficient (Wildman–Crippen LogP) is 5.85. The van der Waals surface area contributed by atoms with Crippen molar-refractivity contribution in [2.75, 3.05) is 17.6 Å². The summed E-state index contributed by atoms with van der Waals surface area (Å²) in [7, 11) is 0. The van der Waals surface area contributed by atoms with Crippen molar-refractivity contribution in [2.45, 2.75) is 69.0 Å². The SMILES string of the molecule is CC(=O)NCCCCCC(=O)Nc1ccc([C@H]2O[C@@H](CSc3ccc(C(=O)O)cc3)C[C@@H](c3ccc(CO)cc3)O2)cc1. The number of carbonyl (C=O) groups excluding carboxylic acids is 2. The first-order valence-electron chi connectivity index (χ1n) is 14.4. The Bertz CT molecular complexity index is 1350. The van der Waals surface area contributed by atoms with Crippen molar-refractivity contribution in [2.24, 2.45) is 0 Å². The number of ether oxygens (including phenoxy) is 2. The summed E-state index contributed by atoms with van der Waals surface area (Å²) in [6.07, 6.45) is 2.50. The van der Waals surface area contributed by atoms with Crippen LogP contribution < -0.4 is 10.6 Å². The lowest BCUT2D eigenvalue weighted by Gasteiger charge is -2.36. The first-order valence-corrected chi connectivity index (χ1v) is 15.4. The molecule has 2 amide bonds. The molecule has 1 fully saturated rings. The molecule has 0 spiro atoms. The van der Waals surface area contributed by atoms with Crippen LogP contribution in [0.4, 0.5) is 5.69 Å². The summed E-state index contributed by atoms with van der Waals surface area (Å²) >= 11 is 1.60. The number of nitrogens with one attached hydrogen (secondary N) is 2. The normalized spacial score (nSPS) is 18.1. The molecule has 3 aromatic rings. The van der Waals surface area contributed by atoms with Gasteiger partial charge in [0.15, 0.2) is 6.29 Å². The molecule has 4 N–H and O–H groups in total. The van der Waals surface area contributed by atoms with Gasteiger partial charge in [-0.1, -0.05) is 42.8 Å². The first-order chi connectivity index (χ1) is 20.8. The molecule has 0 bridgehead atoms. The molecule has 0 saturated carbocycles. The first kappa shape index (κ1) is 32.2. The third-order valence-electron chi connectivity index (χ3n) is 7.07. The minimum atomic E-state index is -0.956. The number of unbranched alkanes of at least 4 members (excludes halogenated alkanes) is 2. The average molecular weight is 607 g/mol. The van der Waals surface area contributed by atoms with Crippen molar-refractivity contribution >= 4 is 35.2 Å². The molecule has 10 heteroatoms. The Hall–Kier alpha value is -3.70. The summed E-state index contributed by atoms with van der Waals surface area (Å²) < 4.78 is 12.8. The Labute approximate surface area is 256 Å². The van der Waals surface area contributed by atoms with Crippen molar-refractivity contribution < 1.29 is 34.1 Å². The van der Waals surface area contributed by atoms with Crippen LogP contribution in [0.2, 0.25) is 0 Å². The molecule has 228 valence electrons. The Kier molecular flexibility index (Phi) is 12.2. The van der Waals surface area contributed by atoms with Gasteiger partial charge < -0.3 is 30.3 Å². The molecule has 0 aliphatic carbocycles. The molecule has 9 nitrogen and oxygen atoms in total. The number of hydrogen-bond acceptors (Lipinski definition) is 7. The molecule has 0 unspecified atom stereocenters. The molecule has 43 heavy (non-hydrogen) atoms. The maximum atomic E-state index is 12.4. The fourth-order valence-corrected chi connectivity index (χ4v) is 5.63. The topological polar surface area (TPSA) is 134 Å². The molecular formula is C33H38N2O7S. The Morgan fingerprint density at radius 3 is 2.23 bits per heavy atom. The molecule has 1 aliphatic heterocycles. The van der Waals surface area contributed by atoms with Crippen LogP contribution in [-0.4, -0.2) is 46.4 Å². The van der Waals surface area contributed by atoms with Gasteiger partial charge in [-0.2, -0.15) is 0 Å². The number of aliphatic hydroxyl groups excluding tert-OH is 1. The molecule has 4 rings (SSSR count). The van der Waals surface area contributed by atoms with Crippen LogP contribution in [-0.2, 0) is 25.7 Å². The van der Waals surface area contributed by atoms with Crippen LogP contribution in [0.15, 0.2) is 77.7 Å². The van der Waals surface area contributed by atoms with Crippen LogP contribution >= 0.6 is 11.8 Å². The Balaban J connectivity index is 1.37. The standard InChI is InChI=1S/C33H38N2O7S/c1-22(37)34-18-4-2-3-5-31(38)35-27-14-10-26(11-15-27)33-41-28(21-43-29-16-12-25(13-17-29)32(39)40)19-30(42-33)24-8-6-23(20-36)7-9-24/h6-17,28,30,33,36H,2-5,18-21H2,1H3,(H,34,37)(H,35,38)(H,39,40)/t28-,30+,33+/m1/s1. The minimum absolute atomic E-state index is 0.0288. The Morgan fingerprint density at radius 2 is 1.58 bits per heavy atom. The number of benzene rings is 3. The van der Waals surface area contributed by atoms with E-state index in [1.807, 2.05) is 48.5 Å². The van der Waals surface area contributed by atoms with Gasteiger partial charge in [0.2, 0.25) is 11.8 Å². The second kappa shape index (κ2) is 16.2. The molecule has 1 heterocycles. The average Bonchev–Trinajstić information content (AvgIpc) is 3.02. The van der Waals surface area contributed by atoms with E-state index in [-0.39, 0.29) is 36.2 Å². The highest BCUT2D eigenvalue weighted by atomic mass is 32.2. The number of carboxylic acid groups (broad SMARTS) is 1. The lowest BCUT2D eigenvalue weighted by Crippen LogP contribution is -2.31. The highest BCUT2D eigenvalue weighted by molar-refractivity contribution is 7.99. The fourth-order valence-electron chi connectivity index (χ4n) is 4.70. The lowest BCUT2D eigenvalue weighted by atomic mass is 10.0. The summed E-state index contributed by atoms with van der Waals surface area (Å²) in [4.78, 5) is 35.4. The van der Waals surface area contributed by atoms with Crippen molar-refractivity contribution in [1.29, 1.82) is 0 Å². The molecule has 0 radical (unpaired) electrons. The number of anilines is 1. The monoisotopic (exact) mass is 606 g/mol. The van der Waals surface area contributed by atoms with Gasteiger partial charge in [-0.25, -0.2) is 4.79 Å². The zero-order valence-corrected chi connectivity index (χ0v) is 25.0. The van der Waals surface area contributed by atoms with E-state index in [1.54, 1.807) is 36.0 Å². The van der Waals surface area contributed by atoms with Gasteiger partial charge in [-0.3, -0.25) is 9.59 Å². The summed E-state index contributed by atoms with van der Waals surface area (Å²) in [5, 5.41) is 24.3. The number of hydrogen-bond donors (Lipinski definition) is 4. The number of amides is 2. The number of thioether (sulfide) groups is 1. The largest absolute Gasteiger partial charge is 0.478 e. The van der Waals surface area contributed by atoms with E-state index >= 15 is 0 Å². The molecule has 3 aromatic carbocycles. The second-order valence-corrected chi connectivity index (χ2v) is 11.5. The number of carboxylic acids is 1. The summed E-state index contributed by atoms with van der Waals surface area (Å²) in [5.74, 6) is -0.409. The number of rotatable bonds is 14. The fraction of sp³-hybridized carbons (Fsp3) is 0.364. The number of aromatic carboxylic acids is 1. The molecule has 0 aromatic heterocycles.